The Bertz CT molecular complexity index is 610. The second kappa shape index (κ2) is 6.72. The van der Waals surface area contributed by atoms with E-state index in [0.717, 1.165) is 27.4 Å². The van der Waals surface area contributed by atoms with E-state index in [1.54, 1.807) is 0 Å². The molecule has 0 bridgehead atoms. The minimum absolute atomic E-state index is 0.0758. The number of nitrogens with one attached hydrogen (secondary N) is 1. The molecule has 0 aliphatic carbocycles. The first kappa shape index (κ1) is 15.5. The van der Waals surface area contributed by atoms with Gasteiger partial charge in [-0.2, -0.15) is 0 Å². The Kier molecular flexibility index (Phi) is 4.96. The molecule has 1 amide bonds. The van der Waals surface area contributed by atoms with Gasteiger partial charge in [-0.15, -0.1) is 11.3 Å². The standard InChI is InChI=1S/C16H20N2O2S/c1-10-7-11(2)9-14(8-10)20-6-5-15(19)18-16-17-12(3)13(4)21-16/h7-9H,5-6H2,1-4H3,(H,17,18,19). The number of carbonyl (C=O) groups excluding carboxylic acids is 1. The summed E-state index contributed by atoms with van der Waals surface area (Å²) in [5.74, 6) is 0.731. The van der Waals surface area contributed by atoms with Crippen LogP contribution in [0.4, 0.5) is 5.13 Å². The predicted molar refractivity (Wildman–Crippen MR) is 86.2 cm³/mol. The molecule has 0 fully saturated rings. The highest BCUT2D eigenvalue weighted by molar-refractivity contribution is 7.15. The number of hydrogen-bond acceptors (Lipinski definition) is 4. The summed E-state index contributed by atoms with van der Waals surface area (Å²) in [5.41, 5.74) is 3.27. The Labute approximate surface area is 129 Å². The molecule has 0 unspecified atom stereocenters. The zero-order valence-corrected chi connectivity index (χ0v) is 13.6. The lowest BCUT2D eigenvalue weighted by Crippen LogP contribution is -2.15. The average Bonchev–Trinajstić information content (AvgIpc) is 2.66. The van der Waals surface area contributed by atoms with Crippen molar-refractivity contribution in [3.63, 3.8) is 0 Å². The number of ether oxygens (including phenoxy) is 1. The Morgan fingerprint density at radius 3 is 2.43 bits per heavy atom. The fraction of sp³-hybridized carbons (Fsp3) is 0.375. The van der Waals surface area contributed by atoms with Crippen molar-refractivity contribution >= 4 is 22.4 Å². The summed E-state index contributed by atoms with van der Waals surface area (Å²) in [4.78, 5) is 17.2. The lowest BCUT2D eigenvalue weighted by atomic mass is 10.1. The molecule has 0 saturated carbocycles. The molecule has 1 heterocycles. The van der Waals surface area contributed by atoms with Gasteiger partial charge in [0.2, 0.25) is 5.91 Å². The van der Waals surface area contributed by atoms with Crippen LogP contribution in [0.1, 0.15) is 28.1 Å². The Morgan fingerprint density at radius 2 is 1.86 bits per heavy atom. The fourth-order valence-electron chi connectivity index (χ4n) is 1.99. The smallest absolute Gasteiger partial charge is 0.229 e. The number of benzene rings is 1. The van der Waals surface area contributed by atoms with E-state index in [-0.39, 0.29) is 5.91 Å². The van der Waals surface area contributed by atoms with Gasteiger partial charge in [-0.25, -0.2) is 4.98 Å². The summed E-state index contributed by atoms with van der Waals surface area (Å²) in [6.45, 7) is 8.34. The Morgan fingerprint density at radius 1 is 1.19 bits per heavy atom. The second-order valence-electron chi connectivity index (χ2n) is 5.13. The van der Waals surface area contributed by atoms with E-state index in [9.17, 15) is 4.79 Å². The lowest BCUT2D eigenvalue weighted by Gasteiger charge is -2.08. The minimum Gasteiger partial charge on any atom is -0.493 e. The van der Waals surface area contributed by atoms with Gasteiger partial charge in [-0.1, -0.05) is 6.07 Å². The summed E-state index contributed by atoms with van der Waals surface area (Å²) < 4.78 is 5.63. The monoisotopic (exact) mass is 304 g/mol. The van der Waals surface area contributed by atoms with E-state index in [4.69, 9.17) is 4.74 Å². The van der Waals surface area contributed by atoms with Crippen LogP contribution in [0, 0.1) is 27.7 Å². The van der Waals surface area contributed by atoms with Crippen molar-refractivity contribution in [2.24, 2.45) is 0 Å². The highest BCUT2D eigenvalue weighted by atomic mass is 32.1. The second-order valence-corrected chi connectivity index (χ2v) is 6.33. The molecule has 1 N–H and O–H groups in total. The number of aryl methyl sites for hydroxylation is 4. The van der Waals surface area contributed by atoms with Crippen molar-refractivity contribution in [1.29, 1.82) is 0 Å². The van der Waals surface area contributed by atoms with Crippen molar-refractivity contribution in [3.05, 3.63) is 39.9 Å². The van der Waals surface area contributed by atoms with Gasteiger partial charge in [-0.05, 0) is 51.0 Å². The first-order chi connectivity index (χ1) is 9.94. The molecule has 0 spiro atoms. The number of carbonyl (C=O) groups is 1. The number of nitrogens with zero attached hydrogens (tertiary/aromatic N) is 1. The van der Waals surface area contributed by atoms with Crippen molar-refractivity contribution in [1.82, 2.24) is 4.98 Å². The van der Waals surface area contributed by atoms with E-state index < -0.39 is 0 Å². The molecular formula is C16H20N2O2S. The van der Waals surface area contributed by atoms with E-state index in [1.165, 1.54) is 11.3 Å². The third kappa shape index (κ3) is 4.56. The number of amides is 1. The summed E-state index contributed by atoms with van der Waals surface area (Å²) >= 11 is 1.49. The average molecular weight is 304 g/mol. The molecule has 0 aliphatic rings. The van der Waals surface area contributed by atoms with Gasteiger partial charge >= 0.3 is 0 Å². The SMILES string of the molecule is Cc1cc(C)cc(OCCC(=O)Nc2nc(C)c(C)s2)c1. The number of hydrogen-bond donors (Lipinski definition) is 1. The molecular weight excluding hydrogens is 284 g/mol. The molecule has 1 aromatic heterocycles. The highest BCUT2D eigenvalue weighted by Crippen LogP contribution is 2.21. The molecule has 0 saturated heterocycles. The highest BCUT2D eigenvalue weighted by Gasteiger charge is 2.08. The normalized spacial score (nSPS) is 10.5. The van der Waals surface area contributed by atoms with Crippen molar-refractivity contribution < 1.29 is 9.53 Å². The van der Waals surface area contributed by atoms with Crippen LogP contribution in [0.25, 0.3) is 0 Å². The van der Waals surface area contributed by atoms with Gasteiger partial charge in [0.25, 0.3) is 0 Å². The maximum Gasteiger partial charge on any atom is 0.229 e. The first-order valence-electron chi connectivity index (χ1n) is 6.89. The third-order valence-corrected chi connectivity index (χ3v) is 4.06. The first-order valence-corrected chi connectivity index (χ1v) is 7.70. The van der Waals surface area contributed by atoms with Crippen LogP contribution >= 0.6 is 11.3 Å². The number of rotatable bonds is 5. The third-order valence-electron chi connectivity index (χ3n) is 3.07. The minimum atomic E-state index is -0.0758. The number of aromatic nitrogens is 1. The van der Waals surface area contributed by atoms with E-state index in [0.29, 0.717) is 18.2 Å². The molecule has 1 aromatic carbocycles. The van der Waals surface area contributed by atoms with Crippen molar-refractivity contribution in [2.45, 2.75) is 34.1 Å². The lowest BCUT2D eigenvalue weighted by molar-refractivity contribution is -0.116. The van der Waals surface area contributed by atoms with Crippen molar-refractivity contribution in [3.8, 4) is 5.75 Å². The van der Waals surface area contributed by atoms with Crippen LogP contribution in [0.3, 0.4) is 0 Å². The van der Waals surface area contributed by atoms with Crippen LogP contribution in [0.5, 0.6) is 5.75 Å². The summed E-state index contributed by atoms with van der Waals surface area (Å²) in [6, 6.07) is 6.03. The molecule has 0 aliphatic heterocycles. The van der Waals surface area contributed by atoms with Crippen LogP contribution in [-0.2, 0) is 4.79 Å². The van der Waals surface area contributed by atoms with Gasteiger partial charge in [0.15, 0.2) is 5.13 Å². The van der Waals surface area contributed by atoms with E-state index in [2.05, 4.69) is 16.4 Å². The van der Waals surface area contributed by atoms with Gasteiger partial charge in [0.05, 0.1) is 18.7 Å². The largest absolute Gasteiger partial charge is 0.493 e. The molecule has 2 aromatic rings. The molecule has 0 atom stereocenters. The molecule has 0 radical (unpaired) electrons. The molecule has 5 heteroatoms. The Hall–Kier alpha value is -1.88. The summed E-state index contributed by atoms with van der Waals surface area (Å²) in [6.07, 6.45) is 0.310. The van der Waals surface area contributed by atoms with Crippen LogP contribution in [-0.4, -0.2) is 17.5 Å². The van der Waals surface area contributed by atoms with Crippen molar-refractivity contribution in [2.75, 3.05) is 11.9 Å². The van der Waals surface area contributed by atoms with Crippen LogP contribution in [0.2, 0.25) is 0 Å². The topological polar surface area (TPSA) is 51.2 Å². The molecule has 112 valence electrons. The molecule has 2 rings (SSSR count). The van der Waals surface area contributed by atoms with Crippen LogP contribution < -0.4 is 10.1 Å². The fourth-order valence-corrected chi connectivity index (χ4v) is 2.82. The summed E-state index contributed by atoms with van der Waals surface area (Å²) in [7, 11) is 0. The maximum absolute atomic E-state index is 11.8. The Balaban J connectivity index is 1.81. The maximum atomic E-state index is 11.8. The van der Waals surface area contributed by atoms with E-state index >= 15 is 0 Å². The molecule has 4 nitrogen and oxygen atoms in total. The zero-order chi connectivity index (χ0) is 15.4. The van der Waals surface area contributed by atoms with Gasteiger partial charge in [0, 0.05) is 4.88 Å². The number of anilines is 1. The summed E-state index contributed by atoms with van der Waals surface area (Å²) in [5, 5.41) is 3.46. The van der Waals surface area contributed by atoms with Gasteiger partial charge in [0.1, 0.15) is 5.75 Å². The zero-order valence-electron chi connectivity index (χ0n) is 12.8. The van der Waals surface area contributed by atoms with Crippen LogP contribution in [0.15, 0.2) is 18.2 Å². The van der Waals surface area contributed by atoms with Gasteiger partial charge < -0.3 is 10.1 Å². The number of thiazole rings is 1. The molecule has 21 heavy (non-hydrogen) atoms. The predicted octanol–water partition coefficient (Wildman–Crippen LogP) is 3.78. The van der Waals surface area contributed by atoms with E-state index in [1.807, 2.05) is 39.8 Å². The quantitative estimate of drug-likeness (QED) is 0.914. The van der Waals surface area contributed by atoms with Gasteiger partial charge in [-0.3, -0.25) is 4.79 Å².